The minimum Gasteiger partial charge on any atom is -0.387 e. The van der Waals surface area contributed by atoms with E-state index in [1.54, 1.807) is 6.92 Å². The van der Waals surface area contributed by atoms with Crippen molar-refractivity contribution < 1.29 is 9.67 Å². The molecule has 2 heteroatoms. The Labute approximate surface area is 60.8 Å². The van der Waals surface area contributed by atoms with E-state index in [1.807, 2.05) is 35.2 Å². The Hall–Kier alpha value is -0.890. The SMILES string of the molecule is C[C@H](O)C[n+]1ccccc1. The molecule has 10 heavy (non-hydrogen) atoms. The number of aliphatic hydroxyl groups is 1. The molecule has 0 saturated carbocycles. The Morgan fingerprint density at radius 2 is 1.90 bits per heavy atom. The second-order valence-electron chi connectivity index (χ2n) is 2.42. The highest BCUT2D eigenvalue weighted by atomic mass is 16.3. The van der Waals surface area contributed by atoms with Gasteiger partial charge in [-0.2, -0.15) is 0 Å². The first-order chi connectivity index (χ1) is 4.79. The predicted molar refractivity (Wildman–Crippen MR) is 38.3 cm³/mol. The van der Waals surface area contributed by atoms with Gasteiger partial charge in [-0.3, -0.25) is 0 Å². The van der Waals surface area contributed by atoms with Crippen LogP contribution in [0.5, 0.6) is 0 Å². The lowest BCUT2D eigenvalue weighted by molar-refractivity contribution is -0.703. The zero-order valence-electron chi connectivity index (χ0n) is 6.07. The van der Waals surface area contributed by atoms with Gasteiger partial charge in [0.15, 0.2) is 18.9 Å². The van der Waals surface area contributed by atoms with Crippen LogP contribution in [0.15, 0.2) is 30.6 Å². The molecular weight excluding hydrogens is 126 g/mol. The smallest absolute Gasteiger partial charge is 0.173 e. The maximum atomic E-state index is 8.98. The number of aromatic nitrogens is 1. The fraction of sp³-hybridized carbons (Fsp3) is 0.375. The summed E-state index contributed by atoms with van der Waals surface area (Å²) in [6, 6.07) is 5.85. The van der Waals surface area contributed by atoms with Gasteiger partial charge >= 0.3 is 0 Å². The number of rotatable bonds is 2. The van der Waals surface area contributed by atoms with Crippen LogP contribution in [0.4, 0.5) is 0 Å². The highest BCUT2D eigenvalue weighted by molar-refractivity contribution is 4.83. The highest BCUT2D eigenvalue weighted by Gasteiger charge is 2.01. The predicted octanol–water partition coefficient (Wildman–Crippen LogP) is 0.355. The third kappa shape index (κ3) is 2.15. The first-order valence-electron chi connectivity index (χ1n) is 3.41. The molecule has 0 amide bonds. The Bertz CT molecular complexity index is 184. The van der Waals surface area contributed by atoms with Crippen molar-refractivity contribution in [2.75, 3.05) is 0 Å². The molecule has 1 N–H and O–H groups in total. The van der Waals surface area contributed by atoms with E-state index in [-0.39, 0.29) is 6.10 Å². The maximum Gasteiger partial charge on any atom is 0.173 e. The zero-order chi connectivity index (χ0) is 7.40. The van der Waals surface area contributed by atoms with Crippen molar-refractivity contribution in [2.45, 2.75) is 19.6 Å². The lowest BCUT2D eigenvalue weighted by Gasteiger charge is -1.97. The summed E-state index contributed by atoms with van der Waals surface area (Å²) >= 11 is 0. The minimum atomic E-state index is -0.271. The molecule has 1 rings (SSSR count). The van der Waals surface area contributed by atoms with Crippen molar-refractivity contribution in [3.63, 3.8) is 0 Å². The van der Waals surface area contributed by atoms with E-state index in [4.69, 9.17) is 5.11 Å². The van der Waals surface area contributed by atoms with Crippen LogP contribution in [0.25, 0.3) is 0 Å². The van der Waals surface area contributed by atoms with Gasteiger partial charge in [0.1, 0.15) is 6.10 Å². The molecule has 0 aliphatic carbocycles. The van der Waals surface area contributed by atoms with Gasteiger partial charge in [0.25, 0.3) is 0 Å². The van der Waals surface area contributed by atoms with Gasteiger partial charge in [0.2, 0.25) is 0 Å². The Morgan fingerprint density at radius 1 is 1.30 bits per heavy atom. The van der Waals surface area contributed by atoms with Crippen LogP contribution in [-0.4, -0.2) is 11.2 Å². The zero-order valence-corrected chi connectivity index (χ0v) is 6.07. The van der Waals surface area contributed by atoms with Gasteiger partial charge in [-0.1, -0.05) is 6.07 Å². The number of hydrogen-bond acceptors (Lipinski definition) is 1. The van der Waals surface area contributed by atoms with E-state index >= 15 is 0 Å². The van der Waals surface area contributed by atoms with E-state index in [0.29, 0.717) is 6.54 Å². The Balaban J connectivity index is 2.59. The second-order valence-corrected chi connectivity index (χ2v) is 2.42. The topological polar surface area (TPSA) is 24.1 Å². The molecule has 1 aromatic heterocycles. The van der Waals surface area contributed by atoms with Gasteiger partial charge in [0, 0.05) is 12.1 Å². The standard InChI is InChI=1S/C8H12NO/c1-8(10)7-9-5-3-2-4-6-9/h2-6,8,10H,7H2,1H3/q+1/t8-/m0/s1. The van der Waals surface area contributed by atoms with Crippen molar-refractivity contribution >= 4 is 0 Å². The summed E-state index contributed by atoms with van der Waals surface area (Å²) in [4.78, 5) is 0. The van der Waals surface area contributed by atoms with E-state index in [1.165, 1.54) is 0 Å². The van der Waals surface area contributed by atoms with E-state index < -0.39 is 0 Å². The number of hydrogen-bond donors (Lipinski definition) is 1. The summed E-state index contributed by atoms with van der Waals surface area (Å²) in [6.45, 7) is 2.45. The summed E-state index contributed by atoms with van der Waals surface area (Å²) < 4.78 is 1.95. The first-order valence-corrected chi connectivity index (χ1v) is 3.41. The number of pyridine rings is 1. The molecule has 0 aliphatic heterocycles. The summed E-state index contributed by atoms with van der Waals surface area (Å²) in [5, 5.41) is 8.98. The molecule has 2 nitrogen and oxygen atoms in total. The molecule has 54 valence electrons. The fourth-order valence-electron chi connectivity index (χ4n) is 0.861. The molecule has 0 unspecified atom stereocenters. The Morgan fingerprint density at radius 3 is 2.40 bits per heavy atom. The molecule has 0 saturated heterocycles. The average Bonchev–Trinajstić information content (AvgIpc) is 1.88. The third-order valence-electron chi connectivity index (χ3n) is 1.25. The van der Waals surface area contributed by atoms with Crippen molar-refractivity contribution in [3.8, 4) is 0 Å². The summed E-state index contributed by atoms with van der Waals surface area (Å²) in [7, 11) is 0. The molecule has 0 fully saturated rings. The molecule has 0 radical (unpaired) electrons. The monoisotopic (exact) mass is 138 g/mol. The highest BCUT2D eigenvalue weighted by Crippen LogP contribution is 1.80. The van der Waals surface area contributed by atoms with Gasteiger partial charge < -0.3 is 5.11 Å². The van der Waals surface area contributed by atoms with Crippen LogP contribution in [0.1, 0.15) is 6.92 Å². The molecule has 1 aromatic rings. The summed E-state index contributed by atoms with van der Waals surface area (Å²) in [5.41, 5.74) is 0. The molecule has 0 aromatic carbocycles. The van der Waals surface area contributed by atoms with Crippen molar-refractivity contribution in [1.82, 2.24) is 0 Å². The molecule has 0 aliphatic rings. The maximum absolute atomic E-state index is 8.98. The molecule has 1 heterocycles. The van der Waals surface area contributed by atoms with Gasteiger partial charge in [-0.05, 0) is 6.92 Å². The van der Waals surface area contributed by atoms with Crippen molar-refractivity contribution in [2.24, 2.45) is 0 Å². The van der Waals surface area contributed by atoms with E-state index in [0.717, 1.165) is 0 Å². The van der Waals surface area contributed by atoms with E-state index in [9.17, 15) is 0 Å². The second kappa shape index (κ2) is 3.32. The van der Waals surface area contributed by atoms with Crippen LogP contribution in [-0.2, 0) is 6.54 Å². The third-order valence-corrected chi connectivity index (χ3v) is 1.25. The number of aliphatic hydroxyl groups excluding tert-OH is 1. The van der Waals surface area contributed by atoms with Gasteiger partial charge in [-0.25, -0.2) is 4.57 Å². The van der Waals surface area contributed by atoms with Crippen LogP contribution >= 0.6 is 0 Å². The Kier molecular flexibility index (Phi) is 2.40. The summed E-state index contributed by atoms with van der Waals surface area (Å²) in [6.07, 6.45) is 3.60. The van der Waals surface area contributed by atoms with Crippen LogP contribution in [0, 0.1) is 0 Å². The van der Waals surface area contributed by atoms with Crippen molar-refractivity contribution in [1.29, 1.82) is 0 Å². The normalized spacial score (nSPS) is 13.0. The molecule has 0 spiro atoms. The van der Waals surface area contributed by atoms with Crippen LogP contribution in [0.3, 0.4) is 0 Å². The van der Waals surface area contributed by atoms with Crippen molar-refractivity contribution in [3.05, 3.63) is 30.6 Å². The van der Waals surface area contributed by atoms with Crippen LogP contribution in [0.2, 0.25) is 0 Å². The largest absolute Gasteiger partial charge is 0.387 e. The number of nitrogens with zero attached hydrogens (tertiary/aromatic N) is 1. The van der Waals surface area contributed by atoms with Gasteiger partial charge in [0.05, 0.1) is 0 Å². The van der Waals surface area contributed by atoms with Gasteiger partial charge in [-0.15, -0.1) is 0 Å². The minimum absolute atomic E-state index is 0.271. The summed E-state index contributed by atoms with van der Waals surface area (Å²) in [5.74, 6) is 0. The molecule has 0 bridgehead atoms. The average molecular weight is 138 g/mol. The lowest BCUT2D eigenvalue weighted by atomic mass is 10.4. The van der Waals surface area contributed by atoms with E-state index in [2.05, 4.69) is 0 Å². The quantitative estimate of drug-likeness (QED) is 0.586. The first kappa shape index (κ1) is 7.22. The molecular formula is C8H12NO+. The molecule has 1 atom stereocenters. The fourth-order valence-corrected chi connectivity index (χ4v) is 0.861. The van der Waals surface area contributed by atoms with Crippen LogP contribution < -0.4 is 4.57 Å². The lowest BCUT2D eigenvalue weighted by Crippen LogP contribution is -2.37.